The van der Waals surface area contributed by atoms with Crippen LogP contribution < -0.4 is 4.72 Å². The fourth-order valence-electron chi connectivity index (χ4n) is 3.55. The fourth-order valence-corrected chi connectivity index (χ4v) is 5.07. The van der Waals surface area contributed by atoms with E-state index in [1.54, 1.807) is 25.7 Å². The van der Waals surface area contributed by atoms with Crippen LogP contribution in [0, 0.1) is 0 Å². The van der Waals surface area contributed by atoms with Crippen molar-refractivity contribution in [3.63, 3.8) is 0 Å². The van der Waals surface area contributed by atoms with Crippen molar-refractivity contribution in [3.8, 4) is 0 Å². The van der Waals surface area contributed by atoms with E-state index in [2.05, 4.69) is 9.71 Å². The third-order valence-electron chi connectivity index (χ3n) is 4.72. The summed E-state index contributed by atoms with van der Waals surface area (Å²) >= 11 is 6.13. The zero-order valence-corrected chi connectivity index (χ0v) is 17.9. The average molecular weight is 436 g/mol. The first-order valence-electron chi connectivity index (χ1n) is 9.25. The molecule has 1 amide bonds. The Morgan fingerprint density at radius 1 is 1.24 bits per heavy atom. The molecule has 1 aliphatic rings. The summed E-state index contributed by atoms with van der Waals surface area (Å²) in [5.41, 5.74) is 2.43. The van der Waals surface area contributed by atoms with Crippen molar-refractivity contribution in [3.05, 3.63) is 52.4 Å². The van der Waals surface area contributed by atoms with E-state index in [-0.39, 0.29) is 16.8 Å². The van der Waals surface area contributed by atoms with E-state index in [1.165, 1.54) is 12.1 Å². The summed E-state index contributed by atoms with van der Waals surface area (Å²) in [5.74, 6) is -0.343. The maximum Gasteiger partial charge on any atom is 0.289 e. The van der Waals surface area contributed by atoms with Gasteiger partial charge in [0.05, 0.1) is 0 Å². The third-order valence-corrected chi connectivity index (χ3v) is 6.59. The molecule has 0 saturated carbocycles. The number of halogens is 1. The Kier molecular flexibility index (Phi) is 4.76. The van der Waals surface area contributed by atoms with E-state index in [1.807, 2.05) is 18.2 Å². The summed E-state index contributed by atoms with van der Waals surface area (Å²) in [7, 11) is -3.84. The van der Waals surface area contributed by atoms with E-state index in [4.69, 9.17) is 16.0 Å². The molecule has 0 bridgehead atoms. The summed E-state index contributed by atoms with van der Waals surface area (Å²) in [4.78, 5) is 18.0. The average Bonchev–Trinajstić information content (AvgIpc) is 3.24. The maximum atomic E-state index is 12.9. The second kappa shape index (κ2) is 6.90. The van der Waals surface area contributed by atoms with Crippen LogP contribution in [0.5, 0.6) is 0 Å². The molecule has 0 saturated heterocycles. The lowest BCUT2D eigenvalue weighted by atomic mass is 10.0. The Labute approximate surface area is 174 Å². The molecule has 3 aromatic rings. The van der Waals surface area contributed by atoms with E-state index < -0.39 is 15.6 Å². The molecule has 1 aromatic carbocycles. The van der Waals surface area contributed by atoms with E-state index in [0.717, 1.165) is 22.2 Å². The van der Waals surface area contributed by atoms with E-state index in [0.29, 0.717) is 24.5 Å². The number of hydrogen-bond donors (Lipinski definition) is 2. The summed E-state index contributed by atoms with van der Waals surface area (Å²) in [6, 6.07) is 8.35. The number of amides is 1. The van der Waals surface area contributed by atoms with Gasteiger partial charge in [-0.25, -0.2) is 13.1 Å². The molecule has 3 heterocycles. The van der Waals surface area contributed by atoms with Crippen LogP contribution in [0.2, 0.25) is 5.02 Å². The molecule has 4 rings (SSSR count). The zero-order valence-electron chi connectivity index (χ0n) is 16.4. The standard InChI is InChI=1S/C20H22ClN3O4S/c1-20(2,3)23-29(26,27)18-7-6-17(28-18)19(25)24-9-8-16-14(11-24)13-10-12(21)4-5-15(13)22-16/h4-7,10,22-23H,8-9,11H2,1-3H3. The van der Waals surface area contributed by atoms with Crippen molar-refractivity contribution >= 4 is 38.4 Å². The molecule has 154 valence electrons. The number of benzene rings is 1. The predicted molar refractivity (Wildman–Crippen MR) is 111 cm³/mol. The number of rotatable bonds is 3. The van der Waals surface area contributed by atoms with Crippen molar-refractivity contribution in [1.82, 2.24) is 14.6 Å². The van der Waals surface area contributed by atoms with Crippen LogP contribution in [-0.2, 0) is 23.0 Å². The quantitative estimate of drug-likeness (QED) is 0.655. The molecule has 0 fully saturated rings. The van der Waals surface area contributed by atoms with Gasteiger partial charge in [0.2, 0.25) is 5.09 Å². The van der Waals surface area contributed by atoms with Gasteiger partial charge in [0.15, 0.2) is 5.76 Å². The van der Waals surface area contributed by atoms with Gasteiger partial charge in [-0.2, -0.15) is 0 Å². The molecule has 1 aliphatic heterocycles. The number of carbonyl (C=O) groups is 1. The van der Waals surface area contributed by atoms with Gasteiger partial charge < -0.3 is 14.3 Å². The van der Waals surface area contributed by atoms with Crippen molar-refractivity contribution in [2.24, 2.45) is 0 Å². The molecule has 0 unspecified atom stereocenters. The number of sulfonamides is 1. The Morgan fingerprint density at radius 2 is 2.00 bits per heavy atom. The lowest BCUT2D eigenvalue weighted by molar-refractivity contribution is 0.0697. The number of nitrogens with one attached hydrogen (secondary N) is 2. The summed E-state index contributed by atoms with van der Waals surface area (Å²) in [6.45, 7) is 6.11. The number of hydrogen-bond acceptors (Lipinski definition) is 4. The SMILES string of the molecule is CC(C)(C)NS(=O)(=O)c1ccc(C(=O)N2CCc3[nH]c4ccc(Cl)cc4c3C2)o1. The van der Waals surface area contributed by atoms with Crippen LogP contribution in [-0.4, -0.2) is 36.3 Å². The maximum absolute atomic E-state index is 12.9. The number of H-pyrrole nitrogens is 1. The number of aromatic amines is 1. The molecule has 2 N–H and O–H groups in total. The van der Waals surface area contributed by atoms with Crippen molar-refractivity contribution in [2.45, 2.75) is 44.4 Å². The van der Waals surface area contributed by atoms with E-state index >= 15 is 0 Å². The number of aromatic nitrogens is 1. The minimum Gasteiger partial charge on any atom is -0.438 e. The third kappa shape index (κ3) is 3.92. The number of furan rings is 1. The molecule has 0 radical (unpaired) electrons. The van der Waals surface area contributed by atoms with Crippen LogP contribution >= 0.6 is 11.6 Å². The van der Waals surface area contributed by atoms with E-state index in [9.17, 15) is 13.2 Å². The lowest BCUT2D eigenvalue weighted by Crippen LogP contribution is -2.40. The van der Waals surface area contributed by atoms with Crippen molar-refractivity contribution in [1.29, 1.82) is 0 Å². The Balaban J connectivity index is 1.58. The molecule has 0 spiro atoms. The first-order valence-corrected chi connectivity index (χ1v) is 11.1. The number of nitrogens with zero attached hydrogens (tertiary/aromatic N) is 1. The minimum atomic E-state index is -3.84. The highest BCUT2D eigenvalue weighted by molar-refractivity contribution is 7.89. The number of fused-ring (bicyclic) bond motifs is 3. The molecular weight excluding hydrogens is 414 g/mol. The molecule has 0 atom stereocenters. The van der Waals surface area contributed by atoms with Crippen LogP contribution in [0.15, 0.2) is 39.8 Å². The van der Waals surface area contributed by atoms with Gasteiger partial charge in [0.25, 0.3) is 15.9 Å². The summed E-state index contributed by atoms with van der Waals surface area (Å²) < 4.78 is 32.8. The first-order chi connectivity index (χ1) is 13.5. The second-order valence-electron chi connectivity index (χ2n) is 8.22. The number of carbonyl (C=O) groups excluding carboxylic acids is 1. The van der Waals surface area contributed by atoms with Crippen molar-refractivity contribution in [2.75, 3.05) is 6.54 Å². The minimum absolute atomic E-state index is 0.000563. The summed E-state index contributed by atoms with van der Waals surface area (Å²) in [6.07, 6.45) is 0.671. The van der Waals surface area contributed by atoms with Gasteiger partial charge in [-0.3, -0.25) is 4.79 Å². The highest BCUT2D eigenvalue weighted by Crippen LogP contribution is 2.30. The molecule has 7 nitrogen and oxygen atoms in total. The lowest BCUT2D eigenvalue weighted by Gasteiger charge is -2.26. The Bertz CT molecular complexity index is 1200. The molecule has 9 heteroatoms. The van der Waals surface area contributed by atoms with Gasteiger partial charge >= 0.3 is 0 Å². The van der Waals surface area contributed by atoms with Crippen LogP contribution in [0.3, 0.4) is 0 Å². The van der Waals surface area contributed by atoms with Crippen molar-refractivity contribution < 1.29 is 17.6 Å². The molecule has 0 aliphatic carbocycles. The first kappa shape index (κ1) is 20.0. The molecular formula is C20H22ClN3O4S. The van der Waals surface area contributed by atoms with Gasteiger partial charge in [-0.1, -0.05) is 11.6 Å². The van der Waals surface area contributed by atoms with Crippen LogP contribution in [0.1, 0.15) is 42.6 Å². The zero-order chi connectivity index (χ0) is 21.0. The smallest absolute Gasteiger partial charge is 0.289 e. The van der Waals surface area contributed by atoms with Crippen LogP contribution in [0.25, 0.3) is 10.9 Å². The van der Waals surface area contributed by atoms with Gasteiger partial charge in [0.1, 0.15) is 0 Å². The Morgan fingerprint density at radius 3 is 2.72 bits per heavy atom. The fraction of sp³-hybridized carbons (Fsp3) is 0.350. The Hall–Kier alpha value is -2.29. The highest BCUT2D eigenvalue weighted by atomic mass is 35.5. The molecule has 29 heavy (non-hydrogen) atoms. The van der Waals surface area contributed by atoms with Gasteiger partial charge in [-0.05, 0) is 51.1 Å². The highest BCUT2D eigenvalue weighted by Gasteiger charge is 2.29. The van der Waals surface area contributed by atoms with Crippen LogP contribution in [0.4, 0.5) is 0 Å². The van der Waals surface area contributed by atoms with Gasteiger partial charge in [0, 0.05) is 52.2 Å². The second-order valence-corrected chi connectivity index (χ2v) is 10.3. The van der Waals surface area contributed by atoms with Gasteiger partial charge in [-0.15, -0.1) is 0 Å². The normalized spacial score (nSPS) is 15.0. The summed E-state index contributed by atoms with van der Waals surface area (Å²) in [5, 5.41) is 1.35. The molecule has 2 aromatic heterocycles. The largest absolute Gasteiger partial charge is 0.438 e. The topological polar surface area (TPSA) is 95.4 Å². The predicted octanol–water partition coefficient (Wildman–Crippen LogP) is 3.69. The monoisotopic (exact) mass is 435 g/mol.